The summed E-state index contributed by atoms with van der Waals surface area (Å²) in [4.78, 5) is 37.9. The summed E-state index contributed by atoms with van der Waals surface area (Å²) in [5.41, 5.74) is 2.94. The lowest BCUT2D eigenvalue weighted by atomic mass is 9.63. The van der Waals surface area contributed by atoms with E-state index < -0.39 is 5.91 Å². The van der Waals surface area contributed by atoms with Gasteiger partial charge in [-0.2, -0.15) is 5.01 Å². The smallest absolute Gasteiger partial charge is 0.270 e. The maximum atomic E-state index is 12.8. The third-order valence-electron chi connectivity index (χ3n) is 5.98. The van der Waals surface area contributed by atoms with E-state index in [1.807, 2.05) is 0 Å². The molecule has 0 unspecified atom stereocenters. The van der Waals surface area contributed by atoms with Gasteiger partial charge in [0.2, 0.25) is 0 Å². The number of rotatable bonds is 2. The molecule has 3 fully saturated rings. The molecule has 5 aliphatic rings. The molecule has 1 saturated heterocycles. The summed E-state index contributed by atoms with van der Waals surface area (Å²) in [5, 5.41) is 0.970. The Morgan fingerprint density at radius 3 is 2.08 bits per heavy atom. The van der Waals surface area contributed by atoms with Crippen molar-refractivity contribution < 1.29 is 14.4 Å². The van der Waals surface area contributed by atoms with E-state index in [2.05, 4.69) is 33.5 Å². The minimum absolute atomic E-state index is 0.163. The fraction of sp³-hybridized carbons (Fsp3) is 0.389. The Hall–Kier alpha value is -1.95. The van der Waals surface area contributed by atoms with Crippen molar-refractivity contribution in [3.05, 3.63) is 46.5 Å². The molecule has 6 atom stereocenters. The lowest BCUT2D eigenvalue weighted by molar-refractivity contribution is -0.143. The number of imide groups is 1. The van der Waals surface area contributed by atoms with Gasteiger partial charge < -0.3 is 0 Å². The second kappa shape index (κ2) is 4.79. The Balaban J connectivity index is 1.40. The van der Waals surface area contributed by atoms with E-state index in [9.17, 15) is 14.4 Å². The zero-order chi connectivity index (χ0) is 16.6. The maximum absolute atomic E-state index is 12.8. The number of carbonyl (C=O) groups is 3. The average Bonchev–Trinajstić information content (AvgIpc) is 3.36. The molecule has 1 aromatic rings. The Morgan fingerprint density at radius 1 is 1.00 bits per heavy atom. The summed E-state index contributed by atoms with van der Waals surface area (Å²) in [5.74, 6) is -0.0797. The van der Waals surface area contributed by atoms with Crippen molar-refractivity contribution >= 4 is 33.7 Å². The van der Waals surface area contributed by atoms with Crippen LogP contribution in [0.5, 0.6) is 0 Å². The first-order chi connectivity index (χ1) is 11.6. The quantitative estimate of drug-likeness (QED) is 0.625. The van der Waals surface area contributed by atoms with Crippen molar-refractivity contribution in [3.8, 4) is 0 Å². The van der Waals surface area contributed by atoms with Gasteiger partial charge in [0.15, 0.2) is 0 Å². The molecule has 122 valence electrons. The van der Waals surface area contributed by atoms with Crippen LogP contribution in [0.4, 0.5) is 0 Å². The summed E-state index contributed by atoms with van der Waals surface area (Å²) >= 11 is 3.32. The Bertz CT molecular complexity index is 767. The van der Waals surface area contributed by atoms with Crippen LogP contribution in [0.15, 0.2) is 40.9 Å². The Morgan fingerprint density at radius 2 is 1.54 bits per heavy atom. The van der Waals surface area contributed by atoms with Crippen LogP contribution in [-0.4, -0.2) is 22.7 Å². The van der Waals surface area contributed by atoms with Crippen LogP contribution in [0.25, 0.3) is 0 Å². The summed E-state index contributed by atoms with van der Waals surface area (Å²) in [7, 11) is 0. The lowest BCUT2D eigenvalue weighted by Crippen LogP contribution is -2.46. The largest absolute Gasteiger partial charge is 0.272 e. The number of allylic oxidation sites excluding steroid dienone is 2. The molecule has 6 heteroatoms. The number of halogens is 1. The molecule has 6 rings (SSSR count). The van der Waals surface area contributed by atoms with E-state index in [4.69, 9.17) is 0 Å². The van der Waals surface area contributed by atoms with Crippen molar-refractivity contribution in [3.63, 3.8) is 0 Å². The fourth-order valence-electron chi connectivity index (χ4n) is 4.83. The number of nitrogens with one attached hydrogen (secondary N) is 1. The van der Waals surface area contributed by atoms with E-state index in [1.54, 1.807) is 24.3 Å². The van der Waals surface area contributed by atoms with Crippen LogP contribution < -0.4 is 5.43 Å². The molecule has 1 aliphatic heterocycles. The van der Waals surface area contributed by atoms with E-state index in [0.717, 1.165) is 15.9 Å². The monoisotopic (exact) mass is 386 g/mol. The van der Waals surface area contributed by atoms with Gasteiger partial charge in [-0.3, -0.25) is 19.8 Å². The lowest BCUT2D eigenvalue weighted by Gasteiger charge is -2.37. The van der Waals surface area contributed by atoms with Gasteiger partial charge in [0.25, 0.3) is 17.7 Å². The normalized spacial score (nSPS) is 38.1. The summed E-state index contributed by atoms with van der Waals surface area (Å²) < 4.78 is 0.861. The van der Waals surface area contributed by atoms with Crippen molar-refractivity contribution in [2.45, 2.75) is 6.42 Å². The molecule has 1 heterocycles. The van der Waals surface area contributed by atoms with E-state index in [1.165, 1.54) is 0 Å². The number of nitrogens with zero attached hydrogens (tertiary/aromatic N) is 1. The number of hydrogen-bond donors (Lipinski definition) is 1. The van der Waals surface area contributed by atoms with Gasteiger partial charge in [-0.15, -0.1) is 0 Å². The first-order valence-corrected chi connectivity index (χ1v) is 8.98. The molecule has 2 saturated carbocycles. The maximum Gasteiger partial charge on any atom is 0.270 e. The standard InChI is InChI=1S/C18H15BrN2O3/c19-9-3-1-8(2-4-9)16(22)20-21-17(23)14-10-5-6-11(13-7-12(10)13)15(14)18(21)24/h1-6,10-15H,7H2,(H,20,22)/t10-,11+,12-,13+,14-,15+. The highest BCUT2D eigenvalue weighted by molar-refractivity contribution is 9.10. The highest BCUT2D eigenvalue weighted by Gasteiger charge is 2.67. The molecular weight excluding hydrogens is 372 g/mol. The first kappa shape index (κ1) is 14.4. The van der Waals surface area contributed by atoms with Gasteiger partial charge in [0, 0.05) is 10.0 Å². The predicted molar refractivity (Wildman–Crippen MR) is 88.2 cm³/mol. The van der Waals surface area contributed by atoms with Crippen molar-refractivity contribution in [2.24, 2.45) is 35.5 Å². The molecule has 2 bridgehead atoms. The fourth-order valence-corrected chi connectivity index (χ4v) is 5.10. The second-order valence-corrected chi connectivity index (χ2v) is 8.03. The van der Waals surface area contributed by atoms with Crippen molar-refractivity contribution in [1.82, 2.24) is 10.4 Å². The number of hydrogen-bond acceptors (Lipinski definition) is 3. The molecule has 0 spiro atoms. The van der Waals surface area contributed by atoms with Crippen molar-refractivity contribution in [2.75, 3.05) is 0 Å². The topological polar surface area (TPSA) is 66.5 Å². The molecule has 3 amide bonds. The third-order valence-corrected chi connectivity index (χ3v) is 6.51. The van der Waals surface area contributed by atoms with Crippen molar-refractivity contribution in [1.29, 1.82) is 0 Å². The molecule has 5 nitrogen and oxygen atoms in total. The average molecular weight is 387 g/mol. The van der Waals surface area contributed by atoms with Crippen LogP contribution in [0.2, 0.25) is 0 Å². The van der Waals surface area contributed by atoms with Crippen LogP contribution >= 0.6 is 15.9 Å². The van der Waals surface area contributed by atoms with E-state index >= 15 is 0 Å². The molecule has 24 heavy (non-hydrogen) atoms. The van der Waals surface area contributed by atoms with Gasteiger partial charge in [0.1, 0.15) is 0 Å². The van der Waals surface area contributed by atoms with Crippen LogP contribution in [0.1, 0.15) is 16.8 Å². The molecule has 1 N–H and O–H groups in total. The number of benzene rings is 1. The number of amides is 3. The molecule has 0 radical (unpaired) electrons. The van der Waals surface area contributed by atoms with Gasteiger partial charge in [0.05, 0.1) is 11.8 Å². The molecular formula is C18H15BrN2O3. The van der Waals surface area contributed by atoms with Gasteiger partial charge >= 0.3 is 0 Å². The molecule has 0 aromatic heterocycles. The first-order valence-electron chi connectivity index (χ1n) is 8.19. The van der Waals surface area contributed by atoms with E-state index in [-0.39, 0.29) is 35.5 Å². The predicted octanol–water partition coefficient (Wildman–Crippen LogP) is 2.15. The summed E-state index contributed by atoms with van der Waals surface area (Å²) in [6.07, 6.45) is 5.36. The second-order valence-electron chi connectivity index (χ2n) is 7.11. The highest BCUT2D eigenvalue weighted by atomic mass is 79.9. The summed E-state index contributed by atoms with van der Waals surface area (Å²) in [6.45, 7) is 0. The Kier molecular flexibility index (Phi) is 2.87. The van der Waals surface area contributed by atoms with Crippen LogP contribution in [0.3, 0.4) is 0 Å². The highest BCUT2D eigenvalue weighted by Crippen LogP contribution is 2.65. The molecule has 1 aromatic carbocycles. The molecule has 4 aliphatic carbocycles. The number of hydrazine groups is 1. The van der Waals surface area contributed by atoms with E-state index in [0.29, 0.717) is 17.4 Å². The SMILES string of the molecule is O=C(NN1C(=O)[C@@H]2[C@@H]3C=C[C@@H]([C@@H]4C[C@H]34)[C@@H]2C1=O)c1ccc(Br)cc1. The zero-order valence-corrected chi connectivity index (χ0v) is 14.3. The Labute approximate surface area is 147 Å². The zero-order valence-electron chi connectivity index (χ0n) is 12.7. The van der Waals surface area contributed by atoms with Gasteiger partial charge in [-0.25, -0.2) is 0 Å². The minimum Gasteiger partial charge on any atom is -0.272 e. The van der Waals surface area contributed by atoms with Gasteiger partial charge in [-0.05, 0) is 54.4 Å². The minimum atomic E-state index is -0.437. The third kappa shape index (κ3) is 1.83. The van der Waals surface area contributed by atoms with Gasteiger partial charge in [-0.1, -0.05) is 28.1 Å². The van der Waals surface area contributed by atoms with Crippen LogP contribution in [0, 0.1) is 35.5 Å². The summed E-state index contributed by atoms with van der Waals surface area (Å²) in [6, 6.07) is 6.80. The number of carbonyl (C=O) groups excluding carboxylic acids is 3. The van der Waals surface area contributed by atoms with Crippen LogP contribution in [-0.2, 0) is 9.59 Å².